The Kier molecular flexibility index (Phi) is 5.81. The molecule has 0 radical (unpaired) electrons. The Hall–Kier alpha value is -3.58. The van der Waals surface area contributed by atoms with Gasteiger partial charge in [0.15, 0.2) is 0 Å². The quantitative estimate of drug-likeness (QED) is 0.365. The standard InChI is InChI=1S/C23H19N3O3S/c1-29-23(28)17-5-4-6-18(13-17)25-22(27)16-8-10-20(11-9-16)30-15-19-14-26-12-3-2-7-21(26)24-19/h2-14H,15H2,1H3,(H,25,27). The predicted molar refractivity (Wildman–Crippen MR) is 117 cm³/mol. The van der Waals surface area contributed by atoms with E-state index in [1.165, 1.54) is 7.11 Å². The number of anilines is 1. The fraction of sp³-hybridized carbons (Fsp3) is 0.0870. The van der Waals surface area contributed by atoms with Gasteiger partial charge in [-0.05, 0) is 54.6 Å². The number of esters is 1. The number of carbonyl (C=O) groups excluding carboxylic acids is 2. The molecule has 0 aliphatic carbocycles. The van der Waals surface area contributed by atoms with E-state index in [1.807, 2.05) is 47.1 Å². The van der Waals surface area contributed by atoms with Gasteiger partial charge in [-0.2, -0.15) is 0 Å². The van der Waals surface area contributed by atoms with E-state index in [2.05, 4.69) is 10.3 Å². The van der Waals surface area contributed by atoms with Crippen molar-refractivity contribution >= 4 is 35.0 Å². The summed E-state index contributed by atoms with van der Waals surface area (Å²) in [5, 5.41) is 2.80. The number of amides is 1. The maximum Gasteiger partial charge on any atom is 0.337 e. The van der Waals surface area contributed by atoms with Gasteiger partial charge in [-0.1, -0.05) is 12.1 Å². The number of rotatable bonds is 6. The molecule has 4 aromatic rings. The van der Waals surface area contributed by atoms with E-state index in [-0.39, 0.29) is 5.91 Å². The van der Waals surface area contributed by atoms with E-state index in [0.29, 0.717) is 16.8 Å². The third-order valence-corrected chi connectivity index (χ3v) is 5.50. The molecule has 4 rings (SSSR count). The largest absolute Gasteiger partial charge is 0.465 e. The fourth-order valence-corrected chi connectivity index (χ4v) is 3.74. The van der Waals surface area contributed by atoms with Gasteiger partial charge in [0.1, 0.15) is 5.65 Å². The summed E-state index contributed by atoms with van der Waals surface area (Å²) in [7, 11) is 1.32. The number of fused-ring (bicyclic) bond motifs is 1. The van der Waals surface area contributed by atoms with Crippen LogP contribution in [0.2, 0.25) is 0 Å². The Morgan fingerprint density at radius 1 is 1.03 bits per heavy atom. The van der Waals surface area contributed by atoms with Gasteiger partial charge in [-0.25, -0.2) is 9.78 Å². The first kappa shape index (κ1) is 19.7. The molecule has 0 aliphatic heterocycles. The zero-order chi connectivity index (χ0) is 20.9. The van der Waals surface area contributed by atoms with E-state index >= 15 is 0 Å². The van der Waals surface area contributed by atoms with Gasteiger partial charge in [-0.3, -0.25) is 4.79 Å². The second-order valence-electron chi connectivity index (χ2n) is 6.54. The van der Waals surface area contributed by atoms with Gasteiger partial charge in [0.05, 0.1) is 18.4 Å². The summed E-state index contributed by atoms with van der Waals surface area (Å²) in [5.74, 6) is 0.0556. The first-order valence-corrected chi connectivity index (χ1v) is 10.3. The zero-order valence-corrected chi connectivity index (χ0v) is 17.1. The Morgan fingerprint density at radius 2 is 1.87 bits per heavy atom. The average Bonchev–Trinajstić information content (AvgIpc) is 3.20. The molecule has 0 fully saturated rings. The third kappa shape index (κ3) is 4.52. The molecule has 1 amide bonds. The summed E-state index contributed by atoms with van der Waals surface area (Å²) in [4.78, 5) is 29.8. The van der Waals surface area contributed by atoms with Crippen LogP contribution < -0.4 is 5.32 Å². The number of nitrogens with zero attached hydrogens (tertiary/aromatic N) is 2. The minimum absolute atomic E-state index is 0.242. The van der Waals surface area contributed by atoms with Crippen LogP contribution in [0.15, 0.2) is 84.0 Å². The van der Waals surface area contributed by atoms with Crippen molar-refractivity contribution in [3.05, 3.63) is 95.9 Å². The average molecular weight is 417 g/mol. The van der Waals surface area contributed by atoms with Gasteiger partial charge in [0.25, 0.3) is 5.91 Å². The third-order valence-electron chi connectivity index (χ3n) is 4.46. The molecule has 2 aromatic carbocycles. The lowest BCUT2D eigenvalue weighted by molar-refractivity contribution is 0.0600. The molecular formula is C23H19N3O3S. The normalized spacial score (nSPS) is 10.7. The van der Waals surface area contributed by atoms with Crippen LogP contribution in [-0.4, -0.2) is 28.4 Å². The highest BCUT2D eigenvalue weighted by molar-refractivity contribution is 7.98. The number of carbonyl (C=O) groups is 2. The molecule has 2 heterocycles. The van der Waals surface area contributed by atoms with Crippen molar-refractivity contribution in [3.8, 4) is 0 Å². The van der Waals surface area contributed by atoms with Crippen LogP contribution in [0.5, 0.6) is 0 Å². The van der Waals surface area contributed by atoms with E-state index in [9.17, 15) is 9.59 Å². The summed E-state index contributed by atoms with van der Waals surface area (Å²) < 4.78 is 6.70. The van der Waals surface area contributed by atoms with Crippen molar-refractivity contribution in [1.82, 2.24) is 9.38 Å². The predicted octanol–water partition coefficient (Wildman–Crippen LogP) is 4.67. The highest BCUT2D eigenvalue weighted by atomic mass is 32.2. The number of hydrogen-bond acceptors (Lipinski definition) is 5. The number of methoxy groups -OCH3 is 1. The summed E-state index contributed by atoms with van der Waals surface area (Å²) in [6, 6.07) is 20.0. The molecule has 0 unspecified atom stereocenters. The minimum Gasteiger partial charge on any atom is -0.465 e. The molecule has 1 N–H and O–H groups in total. The minimum atomic E-state index is -0.446. The first-order chi connectivity index (χ1) is 14.6. The molecule has 0 saturated carbocycles. The summed E-state index contributed by atoms with van der Waals surface area (Å²) in [5.41, 5.74) is 3.38. The molecule has 7 heteroatoms. The highest BCUT2D eigenvalue weighted by Crippen LogP contribution is 2.23. The number of aromatic nitrogens is 2. The SMILES string of the molecule is COC(=O)c1cccc(NC(=O)c2ccc(SCc3cn4ccccc4n3)cc2)c1. The molecule has 0 atom stereocenters. The summed E-state index contributed by atoms with van der Waals surface area (Å²) >= 11 is 1.66. The molecule has 150 valence electrons. The monoisotopic (exact) mass is 417 g/mol. The Morgan fingerprint density at radius 3 is 2.63 bits per heavy atom. The lowest BCUT2D eigenvalue weighted by Gasteiger charge is -2.07. The molecular weight excluding hydrogens is 398 g/mol. The topological polar surface area (TPSA) is 72.7 Å². The second-order valence-corrected chi connectivity index (χ2v) is 7.59. The van der Waals surface area contributed by atoms with Crippen molar-refractivity contribution in [3.63, 3.8) is 0 Å². The van der Waals surface area contributed by atoms with E-state index in [1.54, 1.807) is 48.2 Å². The maximum absolute atomic E-state index is 12.5. The number of benzene rings is 2. The van der Waals surface area contributed by atoms with Crippen molar-refractivity contribution in [2.24, 2.45) is 0 Å². The van der Waals surface area contributed by atoms with E-state index in [0.717, 1.165) is 22.0 Å². The van der Waals surface area contributed by atoms with Crippen LogP contribution in [0.3, 0.4) is 0 Å². The van der Waals surface area contributed by atoms with Crippen LogP contribution in [0.1, 0.15) is 26.4 Å². The van der Waals surface area contributed by atoms with Gasteiger partial charge < -0.3 is 14.5 Å². The van der Waals surface area contributed by atoms with Crippen molar-refractivity contribution in [1.29, 1.82) is 0 Å². The van der Waals surface area contributed by atoms with E-state index in [4.69, 9.17) is 4.74 Å². The number of ether oxygens (including phenoxy) is 1. The highest BCUT2D eigenvalue weighted by Gasteiger charge is 2.10. The van der Waals surface area contributed by atoms with Crippen LogP contribution in [0, 0.1) is 0 Å². The molecule has 2 aromatic heterocycles. The van der Waals surface area contributed by atoms with Gasteiger partial charge >= 0.3 is 5.97 Å². The molecule has 0 spiro atoms. The molecule has 0 bridgehead atoms. The summed E-state index contributed by atoms with van der Waals surface area (Å²) in [6.07, 6.45) is 4.00. The smallest absolute Gasteiger partial charge is 0.337 e. The van der Waals surface area contributed by atoms with Gasteiger partial charge in [0, 0.05) is 34.3 Å². The number of nitrogens with one attached hydrogen (secondary N) is 1. The zero-order valence-electron chi connectivity index (χ0n) is 16.2. The summed E-state index contributed by atoms with van der Waals surface area (Å²) in [6.45, 7) is 0. The van der Waals surface area contributed by atoms with E-state index < -0.39 is 5.97 Å². The van der Waals surface area contributed by atoms with Gasteiger partial charge in [0.2, 0.25) is 0 Å². The van der Waals surface area contributed by atoms with Crippen molar-refractivity contribution < 1.29 is 14.3 Å². The van der Waals surface area contributed by atoms with Crippen LogP contribution in [0.25, 0.3) is 5.65 Å². The Bertz CT molecular complexity index is 1170. The molecule has 0 saturated heterocycles. The van der Waals surface area contributed by atoms with Crippen LogP contribution >= 0.6 is 11.8 Å². The number of imidazole rings is 1. The molecule has 30 heavy (non-hydrogen) atoms. The second kappa shape index (κ2) is 8.84. The van der Waals surface area contributed by atoms with Crippen molar-refractivity contribution in [2.45, 2.75) is 10.6 Å². The van der Waals surface area contributed by atoms with Gasteiger partial charge in [-0.15, -0.1) is 11.8 Å². The fourth-order valence-electron chi connectivity index (χ4n) is 2.96. The Balaban J connectivity index is 1.38. The number of hydrogen-bond donors (Lipinski definition) is 1. The first-order valence-electron chi connectivity index (χ1n) is 9.27. The lowest BCUT2D eigenvalue weighted by Crippen LogP contribution is -2.12. The maximum atomic E-state index is 12.5. The molecule has 0 aliphatic rings. The number of thioether (sulfide) groups is 1. The lowest BCUT2D eigenvalue weighted by atomic mass is 10.1. The van der Waals surface area contributed by atoms with Crippen LogP contribution in [-0.2, 0) is 10.5 Å². The number of pyridine rings is 1. The molecule has 6 nitrogen and oxygen atoms in total. The van der Waals surface area contributed by atoms with Crippen LogP contribution in [0.4, 0.5) is 5.69 Å². The van der Waals surface area contributed by atoms with Crippen molar-refractivity contribution in [2.75, 3.05) is 12.4 Å². The Labute approximate surface area is 177 Å².